The Morgan fingerprint density at radius 3 is 2.80 bits per heavy atom. The van der Waals surface area contributed by atoms with E-state index in [1.165, 1.54) is 0 Å². The lowest BCUT2D eigenvalue weighted by molar-refractivity contribution is -0.122. The summed E-state index contributed by atoms with van der Waals surface area (Å²) in [7, 11) is 0. The predicted molar refractivity (Wildman–Crippen MR) is 78.1 cm³/mol. The number of aryl methyl sites for hydroxylation is 1. The number of imide groups is 1. The fourth-order valence-electron chi connectivity index (χ4n) is 1.45. The van der Waals surface area contributed by atoms with E-state index >= 15 is 0 Å². The second kappa shape index (κ2) is 8.43. The van der Waals surface area contributed by atoms with Crippen molar-refractivity contribution in [2.45, 2.75) is 26.7 Å². The number of benzene rings is 1. The molecular weight excluding hydrogens is 280 g/mol. The summed E-state index contributed by atoms with van der Waals surface area (Å²) in [5.74, 6) is -0.0928. The molecule has 0 spiro atoms. The molecule has 0 fully saturated rings. The minimum Gasteiger partial charge on any atom is -0.482 e. The summed E-state index contributed by atoms with van der Waals surface area (Å²) in [6.45, 7) is 4.19. The lowest BCUT2D eigenvalue weighted by Gasteiger charge is -2.09. The zero-order valence-electron chi connectivity index (χ0n) is 11.7. The van der Waals surface area contributed by atoms with E-state index in [1.807, 2.05) is 19.9 Å². The first-order chi connectivity index (χ1) is 9.52. The number of carbonyl (C=O) groups is 2. The van der Waals surface area contributed by atoms with Crippen molar-refractivity contribution in [3.05, 3.63) is 28.8 Å². The lowest BCUT2D eigenvalue weighted by atomic mass is 10.2. The van der Waals surface area contributed by atoms with Crippen LogP contribution < -0.4 is 15.4 Å². The van der Waals surface area contributed by atoms with E-state index in [-0.39, 0.29) is 6.61 Å². The highest BCUT2D eigenvalue weighted by Crippen LogP contribution is 2.24. The van der Waals surface area contributed by atoms with E-state index in [0.29, 0.717) is 17.3 Å². The van der Waals surface area contributed by atoms with Crippen LogP contribution in [0.2, 0.25) is 5.02 Å². The number of hydrogen-bond acceptors (Lipinski definition) is 3. The first-order valence-corrected chi connectivity index (χ1v) is 6.87. The average Bonchev–Trinajstić information content (AvgIpc) is 2.40. The maximum absolute atomic E-state index is 11.5. The van der Waals surface area contributed by atoms with Crippen molar-refractivity contribution in [3.8, 4) is 5.75 Å². The quantitative estimate of drug-likeness (QED) is 0.793. The van der Waals surface area contributed by atoms with Crippen LogP contribution in [0.1, 0.15) is 25.3 Å². The van der Waals surface area contributed by atoms with Gasteiger partial charge in [-0.3, -0.25) is 10.1 Å². The summed E-state index contributed by atoms with van der Waals surface area (Å²) < 4.78 is 5.28. The van der Waals surface area contributed by atoms with Crippen molar-refractivity contribution in [1.29, 1.82) is 0 Å². The molecule has 0 unspecified atom stereocenters. The Kier molecular flexibility index (Phi) is 6.87. The van der Waals surface area contributed by atoms with Gasteiger partial charge >= 0.3 is 6.03 Å². The van der Waals surface area contributed by atoms with Gasteiger partial charge in [-0.15, -0.1) is 0 Å². The van der Waals surface area contributed by atoms with Gasteiger partial charge < -0.3 is 10.1 Å². The fraction of sp³-hybridized carbons (Fsp3) is 0.429. The van der Waals surface area contributed by atoms with Crippen molar-refractivity contribution < 1.29 is 14.3 Å². The van der Waals surface area contributed by atoms with Crippen LogP contribution in [0.3, 0.4) is 0 Å². The number of ether oxygens (including phenoxy) is 1. The standard InChI is InChI=1S/C14H19ClN2O3/c1-3-4-7-16-14(19)17-13(18)9-20-12-8-10(2)5-6-11(12)15/h5-6,8H,3-4,7,9H2,1-2H3,(H2,16,17,18,19). The van der Waals surface area contributed by atoms with Crippen molar-refractivity contribution in [2.24, 2.45) is 0 Å². The number of halogens is 1. The van der Waals surface area contributed by atoms with Crippen LogP contribution in [-0.4, -0.2) is 25.1 Å². The van der Waals surface area contributed by atoms with Gasteiger partial charge in [0, 0.05) is 6.54 Å². The Hall–Kier alpha value is -1.75. The fourth-order valence-corrected chi connectivity index (χ4v) is 1.62. The molecule has 0 saturated carbocycles. The number of amides is 3. The Morgan fingerprint density at radius 2 is 2.10 bits per heavy atom. The maximum atomic E-state index is 11.5. The summed E-state index contributed by atoms with van der Waals surface area (Å²) in [5.41, 5.74) is 0.974. The number of hydrogen-bond donors (Lipinski definition) is 2. The van der Waals surface area contributed by atoms with Crippen LogP contribution in [0.15, 0.2) is 18.2 Å². The highest BCUT2D eigenvalue weighted by atomic mass is 35.5. The van der Waals surface area contributed by atoms with Gasteiger partial charge in [-0.1, -0.05) is 31.0 Å². The third-order valence-corrected chi connectivity index (χ3v) is 2.83. The molecule has 110 valence electrons. The molecular formula is C14H19ClN2O3. The Balaban J connectivity index is 2.36. The highest BCUT2D eigenvalue weighted by molar-refractivity contribution is 6.32. The molecule has 0 radical (unpaired) electrons. The molecule has 5 nitrogen and oxygen atoms in total. The minimum absolute atomic E-state index is 0.260. The predicted octanol–water partition coefficient (Wildman–Crippen LogP) is 2.65. The molecule has 20 heavy (non-hydrogen) atoms. The molecule has 0 atom stereocenters. The molecule has 1 aromatic carbocycles. The molecule has 1 rings (SSSR count). The highest BCUT2D eigenvalue weighted by Gasteiger charge is 2.09. The summed E-state index contributed by atoms with van der Waals surface area (Å²) in [6.07, 6.45) is 1.85. The monoisotopic (exact) mass is 298 g/mol. The molecule has 2 N–H and O–H groups in total. The van der Waals surface area contributed by atoms with E-state index < -0.39 is 11.9 Å². The summed E-state index contributed by atoms with van der Waals surface area (Å²) in [5, 5.41) is 5.19. The summed E-state index contributed by atoms with van der Waals surface area (Å²) in [6, 6.07) is 4.76. The van der Waals surface area contributed by atoms with Crippen molar-refractivity contribution in [2.75, 3.05) is 13.2 Å². The Morgan fingerprint density at radius 1 is 1.35 bits per heavy atom. The van der Waals surface area contributed by atoms with Crippen LogP contribution in [-0.2, 0) is 4.79 Å². The molecule has 0 heterocycles. The summed E-state index contributed by atoms with van der Waals surface area (Å²) in [4.78, 5) is 22.9. The zero-order chi connectivity index (χ0) is 15.0. The number of rotatable bonds is 6. The van der Waals surface area contributed by atoms with Gasteiger partial charge in [-0.2, -0.15) is 0 Å². The lowest BCUT2D eigenvalue weighted by Crippen LogP contribution is -2.41. The SMILES string of the molecule is CCCCNC(=O)NC(=O)COc1cc(C)ccc1Cl. The molecule has 0 aliphatic heterocycles. The first kappa shape index (κ1) is 16.3. The third-order valence-electron chi connectivity index (χ3n) is 2.51. The van der Waals surface area contributed by atoms with E-state index in [4.69, 9.17) is 16.3 Å². The smallest absolute Gasteiger partial charge is 0.321 e. The molecule has 0 aromatic heterocycles. The van der Waals surface area contributed by atoms with Crippen molar-refractivity contribution in [1.82, 2.24) is 10.6 Å². The molecule has 3 amide bonds. The van der Waals surface area contributed by atoms with Gasteiger partial charge in [0.15, 0.2) is 6.61 Å². The van der Waals surface area contributed by atoms with E-state index in [0.717, 1.165) is 18.4 Å². The molecule has 0 aliphatic rings. The van der Waals surface area contributed by atoms with Gasteiger partial charge in [0.2, 0.25) is 0 Å². The van der Waals surface area contributed by atoms with Crippen LogP contribution in [0, 0.1) is 6.92 Å². The van der Waals surface area contributed by atoms with Crippen LogP contribution in [0.25, 0.3) is 0 Å². The minimum atomic E-state index is -0.517. The molecule has 0 bridgehead atoms. The third kappa shape index (κ3) is 5.93. The number of carbonyl (C=O) groups excluding carboxylic acids is 2. The van der Waals surface area contributed by atoms with Crippen LogP contribution in [0.4, 0.5) is 4.79 Å². The topological polar surface area (TPSA) is 67.4 Å². The Bertz CT molecular complexity index is 477. The van der Waals surface area contributed by atoms with Gasteiger partial charge in [0.25, 0.3) is 5.91 Å². The van der Waals surface area contributed by atoms with Gasteiger partial charge in [0.1, 0.15) is 5.75 Å². The largest absolute Gasteiger partial charge is 0.482 e. The normalized spacial score (nSPS) is 9.95. The van der Waals surface area contributed by atoms with E-state index in [2.05, 4.69) is 10.6 Å². The molecule has 0 aliphatic carbocycles. The van der Waals surface area contributed by atoms with Crippen LogP contribution in [0.5, 0.6) is 5.75 Å². The van der Waals surface area contributed by atoms with Crippen molar-refractivity contribution in [3.63, 3.8) is 0 Å². The zero-order valence-corrected chi connectivity index (χ0v) is 12.4. The molecule has 1 aromatic rings. The number of nitrogens with one attached hydrogen (secondary N) is 2. The van der Waals surface area contributed by atoms with Gasteiger partial charge in [-0.05, 0) is 31.0 Å². The maximum Gasteiger partial charge on any atom is 0.321 e. The van der Waals surface area contributed by atoms with Gasteiger partial charge in [-0.25, -0.2) is 4.79 Å². The van der Waals surface area contributed by atoms with E-state index in [9.17, 15) is 9.59 Å². The number of unbranched alkanes of at least 4 members (excludes halogenated alkanes) is 1. The van der Waals surface area contributed by atoms with Crippen LogP contribution >= 0.6 is 11.6 Å². The molecule has 6 heteroatoms. The summed E-state index contributed by atoms with van der Waals surface area (Å²) >= 11 is 5.93. The first-order valence-electron chi connectivity index (χ1n) is 6.49. The Labute approximate surface area is 123 Å². The average molecular weight is 299 g/mol. The van der Waals surface area contributed by atoms with E-state index in [1.54, 1.807) is 12.1 Å². The van der Waals surface area contributed by atoms with Gasteiger partial charge in [0.05, 0.1) is 5.02 Å². The van der Waals surface area contributed by atoms with Crippen molar-refractivity contribution >= 4 is 23.5 Å². The second-order valence-corrected chi connectivity index (χ2v) is 4.79. The number of urea groups is 1. The molecule has 0 saturated heterocycles. The second-order valence-electron chi connectivity index (χ2n) is 4.38.